The van der Waals surface area contributed by atoms with Crippen LogP contribution < -0.4 is 5.32 Å². The van der Waals surface area contributed by atoms with Crippen LogP contribution in [-0.4, -0.2) is 38.4 Å². The minimum Gasteiger partial charge on any atom is -0.394 e. The van der Waals surface area contributed by atoms with Crippen molar-refractivity contribution in [2.45, 2.75) is 24.8 Å². The van der Waals surface area contributed by atoms with Gasteiger partial charge in [0, 0.05) is 28.0 Å². The Kier molecular flexibility index (Phi) is 5.66. The quantitative estimate of drug-likeness (QED) is 0.441. The van der Waals surface area contributed by atoms with Gasteiger partial charge in [0.15, 0.2) is 0 Å². The predicted molar refractivity (Wildman–Crippen MR) is 118 cm³/mol. The third kappa shape index (κ3) is 3.78. The SMILES string of the molecule is O=CNc1ccc(CSC(=S)N2Cc3[nH]c4ccccc4c3C[C@H]2CO)cc1. The van der Waals surface area contributed by atoms with Crippen molar-refractivity contribution < 1.29 is 9.90 Å². The van der Waals surface area contributed by atoms with Crippen molar-refractivity contribution in [2.75, 3.05) is 11.9 Å². The summed E-state index contributed by atoms with van der Waals surface area (Å²) >= 11 is 7.30. The zero-order chi connectivity index (χ0) is 19.5. The van der Waals surface area contributed by atoms with Crippen LogP contribution in [-0.2, 0) is 23.5 Å². The zero-order valence-electron chi connectivity index (χ0n) is 15.2. The number of aromatic amines is 1. The Morgan fingerprint density at radius 3 is 2.82 bits per heavy atom. The smallest absolute Gasteiger partial charge is 0.211 e. The van der Waals surface area contributed by atoms with Gasteiger partial charge in [-0.2, -0.15) is 0 Å². The van der Waals surface area contributed by atoms with Crippen LogP contribution in [0.4, 0.5) is 5.69 Å². The summed E-state index contributed by atoms with van der Waals surface area (Å²) in [6, 6.07) is 16.0. The van der Waals surface area contributed by atoms with Crippen LogP contribution in [0.3, 0.4) is 0 Å². The summed E-state index contributed by atoms with van der Waals surface area (Å²) in [6.45, 7) is 0.759. The molecular formula is C21H21N3O2S2. The van der Waals surface area contributed by atoms with Crippen molar-refractivity contribution >= 4 is 51.3 Å². The first-order valence-electron chi connectivity index (χ1n) is 9.11. The molecule has 1 aliphatic rings. The van der Waals surface area contributed by atoms with E-state index in [-0.39, 0.29) is 12.6 Å². The summed E-state index contributed by atoms with van der Waals surface area (Å²) in [5.74, 6) is 0.744. The van der Waals surface area contributed by atoms with Gasteiger partial charge in [-0.3, -0.25) is 4.79 Å². The number of aliphatic hydroxyl groups excluding tert-OH is 1. The summed E-state index contributed by atoms with van der Waals surface area (Å²) in [6.07, 6.45) is 1.45. The molecule has 3 N–H and O–H groups in total. The number of thiocarbonyl (C=S) groups is 1. The Balaban J connectivity index is 1.46. The predicted octanol–water partition coefficient (Wildman–Crippen LogP) is 3.67. The molecule has 0 spiro atoms. The first kappa shape index (κ1) is 19.0. The van der Waals surface area contributed by atoms with Gasteiger partial charge in [-0.05, 0) is 35.7 Å². The van der Waals surface area contributed by atoms with E-state index in [0.717, 1.165) is 33.3 Å². The lowest BCUT2D eigenvalue weighted by Crippen LogP contribution is -2.44. The third-order valence-electron chi connectivity index (χ3n) is 5.10. The number of para-hydroxylation sites is 1. The highest BCUT2D eigenvalue weighted by atomic mass is 32.2. The number of anilines is 1. The van der Waals surface area contributed by atoms with Crippen LogP contribution in [0.1, 0.15) is 16.8 Å². The van der Waals surface area contributed by atoms with Crippen LogP contribution in [0.2, 0.25) is 0 Å². The van der Waals surface area contributed by atoms with Gasteiger partial charge in [0.05, 0.1) is 19.2 Å². The number of carbonyl (C=O) groups excluding carboxylic acids is 1. The molecule has 1 aliphatic heterocycles. The molecule has 0 unspecified atom stereocenters. The van der Waals surface area contributed by atoms with Gasteiger partial charge in [0.2, 0.25) is 6.41 Å². The number of hydrogen-bond donors (Lipinski definition) is 3. The van der Waals surface area contributed by atoms with E-state index in [9.17, 15) is 9.90 Å². The van der Waals surface area contributed by atoms with E-state index in [1.165, 1.54) is 16.6 Å². The van der Waals surface area contributed by atoms with E-state index in [2.05, 4.69) is 27.3 Å². The molecule has 1 atom stereocenters. The van der Waals surface area contributed by atoms with Gasteiger partial charge < -0.3 is 20.3 Å². The maximum atomic E-state index is 10.5. The summed E-state index contributed by atoms with van der Waals surface area (Å²) in [5, 5.41) is 13.8. The molecule has 144 valence electrons. The molecule has 2 aromatic carbocycles. The number of nitrogens with one attached hydrogen (secondary N) is 2. The van der Waals surface area contributed by atoms with Crippen LogP contribution in [0.25, 0.3) is 10.9 Å². The summed E-state index contributed by atoms with van der Waals surface area (Å²) < 4.78 is 0.790. The lowest BCUT2D eigenvalue weighted by Gasteiger charge is -2.36. The summed E-state index contributed by atoms with van der Waals surface area (Å²) in [5.41, 5.74) is 5.51. The molecule has 4 rings (SSSR count). The Bertz CT molecular complexity index is 1000. The Hall–Kier alpha value is -2.35. The average molecular weight is 412 g/mol. The standard InChI is InChI=1S/C21H21N3O2S2/c25-11-16-9-18-17-3-1-2-4-19(17)23-20(18)10-24(16)21(27)28-12-14-5-7-15(8-6-14)22-13-26/h1-8,13,16,23,25H,9-12H2,(H,22,26)/t16-/m0/s1. The second kappa shape index (κ2) is 8.34. The van der Waals surface area contributed by atoms with Gasteiger partial charge in [-0.25, -0.2) is 0 Å². The third-order valence-corrected chi connectivity index (χ3v) is 6.65. The number of aromatic nitrogens is 1. The topological polar surface area (TPSA) is 68.4 Å². The monoisotopic (exact) mass is 411 g/mol. The highest BCUT2D eigenvalue weighted by Gasteiger charge is 2.30. The molecule has 5 nitrogen and oxygen atoms in total. The molecule has 2 heterocycles. The van der Waals surface area contributed by atoms with Crippen molar-refractivity contribution in [3.05, 3.63) is 65.4 Å². The molecule has 0 bridgehead atoms. The number of fused-ring (bicyclic) bond motifs is 3. The van der Waals surface area contributed by atoms with E-state index in [4.69, 9.17) is 12.2 Å². The number of aliphatic hydroxyl groups is 1. The second-order valence-electron chi connectivity index (χ2n) is 6.81. The number of nitrogens with zero attached hydrogens (tertiary/aromatic N) is 1. The number of H-pyrrole nitrogens is 1. The highest BCUT2D eigenvalue weighted by Crippen LogP contribution is 2.32. The van der Waals surface area contributed by atoms with Gasteiger partial charge in [-0.1, -0.05) is 54.3 Å². The van der Waals surface area contributed by atoms with Crippen molar-refractivity contribution in [1.82, 2.24) is 9.88 Å². The first-order valence-corrected chi connectivity index (χ1v) is 10.5. The van der Waals surface area contributed by atoms with Crippen LogP contribution >= 0.6 is 24.0 Å². The summed E-state index contributed by atoms with van der Waals surface area (Å²) in [7, 11) is 0. The minimum absolute atomic E-state index is 0.00845. The number of carbonyl (C=O) groups is 1. The molecule has 28 heavy (non-hydrogen) atoms. The molecule has 0 saturated carbocycles. The number of thioether (sulfide) groups is 1. The molecule has 0 aliphatic carbocycles. The normalized spacial score (nSPS) is 16.0. The molecule has 0 saturated heterocycles. The van der Waals surface area contributed by atoms with Gasteiger partial charge in [0.1, 0.15) is 4.32 Å². The van der Waals surface area contributed by atoms with E-state index >= 15 is 0 Å². The molecule has 3 aromatic rings. The van der Waals surface area contributed by atoms with Gasteiger partial charge in [0.25, 0.3) is 0 Å². The van der Waals surface area contributed by atoms with E-state index in [1.54, 1.807) is 11.8 Å². The second-order valence-corrected chi connectivity index (χ2v) is 8.42. The van der Waals surface area contributed by atoms with Crippen molar-refractivity contribution in [3.63, 3.8) is 0 Å². The Labute approximate surface area is 173 Å². The highest BCUT2D eigenvalue weighted by molar-refractivity contribution is 8.22. The average Bonchev–Trinajstić information content (AvgIpc) is 3.10. The van der Waals surface area contributed by atoms with E-state index in [1.807, 2.05) is 36.4 Å². The van der Waals surface area contributed by atoms with E-state index < -0.39 is 0 Å². The molecule has 0 fully saturated rings. The maximum absolute atomic E-state index is 10.5. The fourth-order valence-electron chi connectivity index (χ4n) is 3.64. The first-order chi connectivity index (χ1) is 13.7. The molecule has 1 amide bonds. The van der Waals surface area contributed by atoms with Crippen LogP contribution in [0.15, 0.2) is 48.5 Å². The maximum Gasteiger partial charge on any atom is 0.211 e. The van der Waals surface area contributed by atoms with Gasteiger partial charge in [-0.15, -0.1) is 0 Å². The van der Waals surface area contributed by atoms with Gasteiger partial charge >= 0.3 is 0 Å². The number of rotatable bonds is 5. The zero-order valence-corrected chi connectivity index (χ0v) is 16.9. The lowest BCUT2D eigenvalue weighted by molar-refractivity contribution is -0.105. The van der Waals surface area contributed by atoms with Crippen LogP contribution in [0, 0.1) is 0 Å². The lowest BCUT2D eigenvalue weighted by atomic mass is 9.98. The number of benzene rings is 2. The Morgan fingerprint density at radius 2 is 2.07 bits per heavy atom. The molecule has 7 heteroatoms. The molecule has 0 radical (unpaired) electrons. The molecule has 1 aromatic heterocycles. The van der Waals surface area contributed by atoms with Crippen molar-refractivity contribution in [3.8, 4) is 0 Å². The number of amides is 1. The minimum atomic E-state index is -0.00845. The van der Waals surface area contributed by atoms with Crippen molar-refractivity contribution in [2.24, 2.45) is 0 Å². The summed E-state index contributed by atoms with van der Waals surface area (Å²) in [4.78, 5) is 16.1. The van der Waals surface area contributed by atoms with Crippen LogP contribution in [0.5, 0.6) is 0 Å². The van der Waals surface area contributed by atoms with E-state index in [0.29, 0.717) is 13.0 Å². The number of hydrogen-bond acceptors (Lipinski definition) is 4. The fraction of sp³-hybridized carbons (Fsp3) is 0.238. The van der Waals surface area contributed by atoms with Crippen molar-refractivity contribution in [1.29, 1.82) is 0 Å². The fourth-order valence-corrected chi connectivity index (χ4v) is 4.89. The molecular weight excluding hydrogens is 390 g/mol. The Morgan fingerprint density at radius 1 is 1.29 bits per heavy atom. The largest absolute Gasteiger partial charge is 0.394 e.